The summed E-state index contributed by atoms with van der Waals surface area (Å²) in [5.74, 6) is 0.654. The minimum Gasteiger partial charge on any atom is -0.322 e. The van der Waals surface area contributed by atoms with Crippen LogP contribution in [0.5, 0.6) is 0 Å². The average molecular weight is 358 g/mol. The maximum atomic E-state index is 13.6. The van der Waals surface area contributed by atoms with Crippen LogP contribution < -0.4 is 0 Å². The topological polar surface area (TPSA) is 35.6 Å². The Bertz CT molecular complexity index is 780. The lowest BCUT2D eigenvalue weighted by Gasteiger charge is -2.06. The van der Waals surface area contributed by atoms with Crippen molar-refractivity contribution in [3.8, 4) is 0 Å². The molecule has 0 spiro atoms. The lowest BCUT2D eigenvalue weighted by Crippen LogP contribution is -2.03. The number of hydrogen-bond donors (Lipinski definition) is 0. The van der Waals surface area contributed by atoms with Crippen molar-refractivity contribution in [1.82, 2.24) is 19.3 Å². The van der Waals surface area contributed by atoms with Gasteiger partial charge < -0.3 is 4.57 Å². The fourth-order valence-corrected chi connectivity index (χ4v) is 2.72. The third-order valence-electron chi connectivity index (χ3n) is 3.09. The van der Waals surface area contributed by atoms with Crippen LogP contribution in [-0.2, 0) is 19.5 Å². The number of benzene rings is 1. The smallest absolute Gasteiger partial charge is 0.139 e. The van der Waals surface area contributed by atoms with E-state index in [9.17, 15) is 4.39 Å². The van der Waals surface area contributed by atoms with Crippen LogP contribution in [0.15, 0.2) is 29.0 Å². The summed E-state index contributed by atoms with van der Waals surface area (Å²) in [6.45, 7) is 0.602. The standard InChI is InChI=1S/C13H11BrClFN4/c1-19-6-8(5-17-19)7-20-12-2-9(14)10(16)3-11(12)18-13(20)4-15/h2-3,5-6H,4,7H2,1H3. The Morgan fingerprint density at radius 1 is 1.40 bits per heavy atom. The zero-order valence-corrected chi connectivity index (χ0v) is 13.0. The van der Waals surface area contributed by atoms with Crippen molar-refractivity contribution in [2.45, 2.75) is 12.4 Å². The van der Waals surface area contributed by atoms with Crippen LogP contribution in [0.3, 0.4) is 0 Å². The van der Waals surface area contributed by atoms with Crippen molar-refractivity contribution in [2.75, 3.05) is 0 Å². The quantitative estimate of drug-likeness (QED) is 0.673. The number of halogens is 3. The average Bonchev–Trinajstić information content (AvgIpc) is 2.96. The van der Waals surface area contributed by atoms with E-state index in [1.54, 1.807) is 16.9 Å². The van der Waals surface area contributed by atoms with Crippen molar-refractivity contribution in [1.29, 1.82) is 0 Å². The molecule has 0 aliphatic rings. The minimum atomic E-state index is -0.329. The van der Waals surface area contributed by atoms with Gasteiger partial charge in [-0.1, -0.05) is 0 Å². The van der Waals surface area contributed by atoms with E-state index in [4.69, 9.17) is 11.6 Å². The fourth-order valence-electron chi connectivity index (χ4n) is 2.18. The monoisotopic (exact) mass is 356 g/mol. The highest BCUT2D eigenvalue weighted by molar-refractivity contribution is 9.10. The van der Waals surface area contributed by atoms with Gasteiger partial charge in [0.2, 0.25) is 0 Å². The SMILES string of the molecule is Cn1cc(Cn2c(CCl)nc3cc(F)c(Br)cc32)cn1. The zero-order chi connectivity index (χ0) is 14.3. The number of imidazole rings is 1. The molecule has 0 radical (unpaired) electrons. The minimum absolute atomic E-state index is 0.272. The molecule has 3 rings (SSSR count). The van der Waals surface area contributed by atoms with E-state index in [1.807, 2.05) is 17.8 Å². The molecule has 1 aromatic carbocycles. The normalized spacial score (nSPS) is 11.4. The highest BCUT2D eigenvalue weighted by Crippen LogP contribution is 2.25. The van der Waals surface area contributed by atoms with Crippen molar-refractivity contribution < 1.29 is 4.39 Å². The van der Waals surface area contributed by atoms with Crippen LogP contribution in [-0.4, -0.2) is 19.3 Å². The van der Waals surface area contributed by atoms with Crippen molar-refractivity contribution in [3.05, 3.63) is 46.2 Å². The van der Waals surface area contributed by atoms with Gasteiger partial charge in [-0.25, -0.2) is 9.37 Å². The zero-order valence-electron chi connectivity index (χ0n) is 10.6. The molecule has 2 heterocycles. The second kappa shape index (κ2) is 5.18. The summed E-state index contributed by atoms with van der Waals surface area (Å²) in [6, 6.07) is 3.14. The number of nitrogens with zero attached hydrogens (tertiary/aromatic N) is 4. The van der Waals surface area contributed by atoms with Gasteiger partial charge in [0.15, 0.2) is 0 Å². The Labute approximate surface area is 128 Å². The summed E-state index contributed by atoms with van der Waals surface area (Å²) in [5.41, 5.74) is 2.49. The third-order valence-corrected chi connectivity index (χ3v) is 3.93. The van der Waals surface area contributed by atoms with Crippen LogP contribution in [0.2, 0.25) is 0 Å². The van der Waals surface area contributed by atoms with E-state index < -0.39 is 0 Å². The van der Waals surface area contributed by atoms with Gasteiger partial charge in [-0.05, 0) is 22.0 Å². The van der Waals surface area contributed by atoms with Gasteiger partial charge in [-0.2, -0.15) is 5.10 Å². The van der Waals surface area contributed by atoms with E-state index in [1.165, 1.54) is 6.07 Å². The molecular formula is C13H11BrClFN4. The summed E-state index contributed by atoms with van der Waals surface area (Å²) in [5, 5.41) is 4.15. The van der Waals surface area contributed by atoms with Crippen LogP contribution in [0.1, 0.15) is 11.4 Å². The van der Waals surface area contributed by atoms with Crippen LogP contribution in [0.4, 0.5) is 4.39 Å². The highest BCUT2D eigenvalue weighted by Gasteiger charge is 2.13. The molecule has 4 nitrogen and oxygen atoms in total. The van der Waals surface area contributed by atoms with E-state index in [-0.39, 0.29) is 11.7 Å². The van der Waals surface area contributed by atoms with E-state index in [0.29, 0.717) is 22.4 Å². The molecule has 0 aliphatic carbocycles. The first-order chi connectivity index (χ1) is 9.58. The Kier molecular flexibility index (Phi) is 3.52. The van der Waals surface area contributed by atoms with Gasteiger partial charge in [-0.3, -0.25) is 4.68 Å². The Hall–Kier alpha value is -1.40. The van der Waals surface area contributed by atoms with Gasteiger partial charge in [-0.15, -0.1) is 11.6 Å². The third kappa shape index (κ3) is 2.33. The summed E-state index contributed by atoms with van der Waals surface area (Å²) in [4.78, 5) is 4.38. The van der Waals surface area contributed by atoms with Crippen molar-refractivity contribution >= 4 is 38.6 Å². The Balaban J connectivity index is 2.14. The number of hydrogen-bond acceptors (Lipinski definition) is 2. The first-order valence-electron chi connectivity index (χ1n) is 5.96. The Morgan fingerprint density at radius 3 is 2.85 bits per heavy atom. The van der Waals surface area contributed by atoms with Gasteiger partial charge in [0.25, 0.3) is 0 Å². The number of aryl methyl sites for hydroxylation is 1. The van der Waals surface area contributed by atoms with Gasteiger partial charge in [0, 0.05) is 24.9 Å². The molecule has 0 N–H and O–H groups in total. The molecular weight excluding hydrogens is 347 g/mol. The second-order valence-electron chi connectivity index (χ2n) is 4.53. The molecule has 0 amide bonds. The van der Waals surface area contributed by atoms with Gasteiger partial charge in [0.05, 0.1) is 34.1 Å². The number of alkyl halides is 1. The number of rotatable bonds is 3. The lowest BCUT2D eigenvalue weighted by molar-refractivity contribution is 0.622. The highest BCUT2D eigenvalue weighted by atomic mass is 79.9. The molecule has 0 atom stereocenters. The number of fused-ring (bicyclic) bond motifs is 1. The summed E-state index contributed by atoms with van der Waals surface area (Å²) >= 11 is 9.15. The summed E-state index contributed by atoms with van der Waals surface area (Å²) in [7, 11) is 1.87. The lowest BCUT2D eigenvalue weighted by atomic mass is 10.3. The molecule has 3 aromatic rings. The van der Waals surface area contributed by atoms with Gasteiger partial charge in [0.1, 0.15) is 11.6 Å². The summed E-state index contributed by atoms with van der Waals surface area (Å²) < 4.78 is 17.7. The largest absolute Gasteiger partial charge is 0.322 e. The maximum absolute atomic E-state index is 13.6. The van der Waals surface area contributed by atoms with E-state index in [0.717, 1.165) is 11.1 Å². The molecule has 20 heavy (non-hydrogen) atoms. The fraction of sp³-hybridized carbons (Fsp3) is 0.231. The number of aromatic nitrogens is 4. The molecule has 2 aromatic heterocycles. The maximum Gasteiger partial charge on any atom is 0.139 e. The molecule has 0 saturated heterocycles. The predicted molar refractivity (Wildman–Crippen MR) is 79.3 cm³/mol. The van der Waals surface area contributed by atoms with Crippen molar-refractivity contribution in [2.24, 2.45) is 7.05 Å². The first-order valence-corrected chi connectivity index (χ1v) is 7.29. The molecule has 7 heteroatoms. The van der Waals surface area contributed by atoms with Crippen LogP contribution >= 0.6 is 27.5 Å². The van der Waals surface area contributed by atoms with Crippen LogP contribution in [0, 0.1) is 5.82 Å². The van der Waals surface area contributed by atoms with E-state index in [2.05, 4.69) is 26.0 Å². The summed E-state index contributed by atoms with van der Waals surface area (Å²) in [6.07, 6.45) is 3.73. The Morgan fingerprint density at radius 2 is 2.20 bits per heavy atom. The molecule has 104 valence electrons. The van der Waals surface area contributed by atoms with Gasteiger partial charge >= 0.3 is 0 Å². The molecule has 0 fully saturated rings. The van der Waals surface area contributed by atoms with E-state index >= 15 is 0 Å². The molecule has 0 saturated carbocycles. The molecule has 0 bridgehead atoms. The first kappa shape index (κ1) is 13.6. The molecule has 0 unspecified atom stereocenters. The van der Waals surface area contributed by atoms with Crippen LogP contribution in [0.25, 0.3) is 11.0 Å². The molecule has 0 aliphatic heterocycles. The predicted octanol–water partition coefficient (Wildman–Crippen LogP) is 3.46. The van der Waals surface area contributed by atoms with Crippen molar-refractivity contribution in [3.63, 3.8) is 0 Å². The second-order valence-corrected chi connectivity index (χ2v) is 5.65.